The minimum Gasteiger partial charge on any atom is -0.465 e. The minimum absolute atomic E-state index is 0.00125. The largest absolute Gasteiger partial charge is 0.465 e. The van der Waals surface area contributed by atoms with E-state index in [-0.39, 0.29) is 31.2 Å². The lowest BCUT2D eigenvalue weighted by Gasteiger charge is -2.33. The normalized spacial score (nSPS) is 20.2. The van der Waals surface area contributed by atoms with Gasteiger partial charge in [0.15, 0.2) is 11.6 Å². The Morgan fingerprint density at radius 1 is 1.21 bits per heavy atom. The second kappa shape index (κ2) is 10.2. The third kappa shape index (κ3) is 5.53. The van der Waals surface area contributed by atoms with Gasteiger partial charge in [-0.1, -0.05) is 41.9 Å². The Morgan fingerprint density at radius 2 is 1.82 bits per heavy atom. The molecule has 2 aliphatic heterocycles. The molecule has 11 heteroatoms. The smallest absolute Gasteiger partial charge is 0.407 e. The number of likely N-dealkylation sites (tertiary alicyclic amines) is 1. The number of hydrogen-bond acceptors (Lipinski definition) is 6. The van der Waals surface area contributed by atoms with Gasteiger partial charge < -0.3 is 24.8 Å². The first-order valence-electron chi connectivity index (χ1n) is 10.7. The van der Waals surface area contributed by atoms with Crippen molar-refractivity contribution < 1.29 is 33.8 Å². The number of hydrogen-bond donors (Lipinski definition) is 2. The summed E-state index contributed by atoms with van der Waals surface area (Å²) in [4.78, 5) is 52.8. The molecule has 1 spiro atoms. The summed E-state index contributed by atoms with van der Waals surface area (Å²) >= 11 is 3.31. The molecule has 10 nitrogen and oxygen atoms in total. The van der Waals surface area contributed by atoms with E-state index in [9.17, 15) is 24.3 Å². The summed E-state index contributed by atoms with van der Waals surface area (Å²) in [5, 5.41) is 12.0. The van der Waals surface area contributed by atoms with E-state index in [0.717, 1.165) is 9.37 Å². The zero-order chi connectivity index (χ0) is 24.3. The summed E-state index contributed by atoms with van der Waals surface area (Å²) in [6.45, 7) is 3.91. The van der Waals surface area contributed by atoms with Gasteiger partial charge in [-0.15, -0.1) is 0 Å². The van der Waals surface area contributed by atoms with Crippen molar-refractivity contribution in [1.82, 2.24) is 15.1 Å². The van der Waals surface area contributed by atoms with Crippen LogP contribution in [0.2, 0.25) is 0 Å². The number of halogens is 1. The molecule has 0 aliphatic carbocycles. The number of amides is 3. The number of carbonyl (C=O) groups excluding carboxylic acids is 3. The van der Waals surface area contributed by atoms with Crippen molar-refractivity contribution in [1.29, 1.82) is 0 Å². The average molecular weight is 526 g/mol. The fraction of sp³-hybridized carbons (Fsp3) is 0.545. The standard InChI is InChI=1S/C22H28BrN3O7/c1-13(2)18(25(3)21(30)31)20(29)26-12-22(32-8-9-33-22)10-16(26)19(28)24-11-17(27)14-4-6-15(23)7-5-14/h4-7,13,16,18H,8-12H2,1-3H3,(H,24,28)(H,30,31). The first kappa shape index (κ1) is 25.1. The van der Waals surface area contributed by atoms with E-state index in [1.54, 1.807) is 38.1 Å². The Morgan fingerprint density at radius 3 is 2.36 bits per heavy atom. The van der Waals surface area contributed by atoms with Gasteiger partial charge in [-0.05, 0) is 18.1 Å². The van der Waals surface area contributed by atoms with Gasteiger partial charge in [0, 0.05) is 23.5 Å². The Balaban J connectivity index is 1.77. The molecule has 2 fully saturated rings. The van der Waals surface area contributed by atoms with Crippen LogP contribution in [0.1, 0.15) is 30.6 Å². The van der Waals surface area contributed by atoms with Crippen LogP contribution in [-0.2, 0) is 19.1 Å². The van der Waals surface area contributed by atoms with E-state index in [2.05, 4.69) is 21.2 Å². The highest BCUT2D eigenvalue weighted by molar-refractivity contribution is 9.10. The van der Waals surface area contributed by atoms with Gasteiger partial charge in [0.1, 0.15) is 12.1 Å². The van der Waals surface area contributed by atoms with Crippen LogP contribution in [0.15, 0.2) is 28.7 Å². The summed E-state index contributed by atoms with van der Waals surface area (Å²) in [6.07, 6.45) is -1.15. The van der Waals surface area contributed by atoms with Crippen molar-refractivity contribution in [2.24, 2.45) is 5.92 Å². The molecule has 2 aliphatic rings. The molecule has 1 aromatic rings. The van der Waals surface area contributed by atoms with Crippen molar-refractivity contribution in [2.45, 2.75) is 38.1 Å². The topological polar surface area (TPSA) is 125 Å². The second-order valence-corrected chi connectivity index (χ2v) is 9.44. The zero-order valence-electron chi connectivity index (χ0n) is 18.7. The van der Waals surface area contributed by atoms with Gasteiger partial charge in [-0.2, -0.15) is 0 Å². The van der Waals surface area contributed by atoms with E-state index >= 15 is 0 Å². The highest BCUT2D eigenvalue weighted by atomic mass is 79.9. The summed E-state index contributed by atoms with van der Waals surface area (Å²) in [6, 6.07) is 4.81. The van der Waals surface area contributed by atoms with Crippen LogP contribution in [0.4, 0.5) is 4.79 Å². The number of likely N-dealkylation sites (N-methyl/N-ethyl adjacent to an activating group) is 1. The van der Waals surface area contributed by atoms with Crippen LogP contribution >= 0.6 is 15.9 Å². The molecule has 2 heterocycles. The van der Waals surface area contributed by atoms with Crippen molar-refractivity contribution in [3.63, 3.8) is 0 Å². The molecule has 1 aromatic carbocycles. The number of rotatable bonds is 7. The molecule has 0 aromatic heterocycles. The maximum atomic E-state index is 13.4. The predicted octanol–water partition coefficient (Wildman–Crippen LogP) is 1.73. The maximum Gasteiger partial charge on any atom is 0.407 e. The lowest BCUT2D eigenvalue weighted by Crippen LogP contribution is -2.56. The number of Topliss-reactive ketones (excluding diaryl/α,β-unsaturated/α-hetero) is 1. The van der Waals surface area contributed by atoms with Gasteiger partial charge >= 0.3 is 6.09 Å². The molecule has 33 heavy (non-hydrogen) atoms. The number of carboxylic acid groups (broad SMARTS) is 1. The molecular formula is C22H28BrN3O7. The molecule has 0 saturated carbocycles. The monoisotopic (exact) mass is 525 g/mol. The minimum atomic E-state index is -1.24. The number of carbonyl (C=O) groups is 4. The van der Waals surface area contributed by atoms with Crippen molar-refractivity contribution in [3.8, 4) is 0 Å². The van der Waals surface area contributed by atoms with Crippen LogP contribution in [-0.4, -0.2) is 89.8 Å². The number of nitrogens with one attached hydrogen (secondary N) is 1. The van der Waals surface area contributed by atoms with Crippen LogP contribution in [0.5, 0.6) is 0 Å². The molecule has 2 atom stereocenters. The fourth-order valence-electron chi connectivity index (χ4n) is 4.22. The van der Waals surface area contributed by atoms with E-state index in [1.165, 1.54) is 11.9 Å². The third-order valence-electron chi connectivity index (χ3n) is 5.88. The second-order valence-electron chi connectivity index (χ2n) is 8.52. The number of benzene rings is 1. The number of nitrogens with zero attached hydrogens (tertiary/aromatic N) is 2. The van der Waals surface area contributed by atoms with Gasteiger partial charge in [0.05, 0.1) is 26.3 Å². The summed E-state index contributed by atoms with van der Waals surface area (Å²) in [7, 11) is 1.32. The van der Waals surface area contributed by atoms with Crippen LogP contribution < -0.4 is 5.32 Å². The third-order valence-corrected chi connectivity index (χ3v) is 6.41. The van der Waals surface area contributed by atoms with E-state index in [0.29, 0.717) is 18.8 Å². The first-order chi connectivity index (χ1) is 15.5. The zero-order valence-corrected chi connectivity index (χ0v) is 20.3. The van der Waals surface area contributed by atoms with E-state index < -0.39 is 35.8 Å². The molecule has 2 saturated heterocycles. The highest BCUT2D eigenvalue weighted by Gasteiger charge is 2.54. The van der Waals surface area contributed by atoms with Crippen LogP contribution in [0.25, 0.3) is 0 Å². The van der Waals surface area contributed by atoms with E-state index in [4.69, 9.17) is 9.47 Å². The van der Waals surface area contributed by atoms with Crippen molar-refractivity contribution in [2.75, 3.05) is 33.4 Å². The summed E-state index contributed by atoms with van der Waals surface area (Å²) in [5.41, 5.74) is 0.444. The molecule has 3 rings (SSSR count). The Hall–Kier alpha value is -2.50. The molecule has 0 bridgehead atoms. The van der Waals surface area contributed by atoms with Gasteiger partial charge in [0.2, 0.25) is 11.8 Å². The van der Waals surface area contributed by atoms with Gasteiger partial charge in [-0.25, -0.2) is 4.79 Å². The first-order valence-corrected chi connectivity index (χ1v) is 11.4. The molecular weight excluding hydrogens is 498 g/mol. The van der Waals surface area contributed by atoms with Gasteiger partial charge in [0.25, 0.3) is 0 Å². The fourth-order valence-corrected chi connectivity index (χ4v) is 4.49. The summed E-state index contributed by atoms with van der Waals surface area (Å²) < 4.78 is 12.3. The number of ether oxygens (including phenoxy) is 2. The summed E-state index contributed by atoms with van der Waals surface area (Å²) in [5.74, 6) is -2.75. The number of ketones is 1. The molecule has 2 N–H and O–H groups in total. The Labute approximate surface area is 200 Å². The molecule has 2 unspecified atom stereocenters. The lowest BCUT2D eigenvalue weighted by molar-refractivity contribution is -0.155. The Kier molecular flexibility index (Phi) is 7.76. The van der Waals surface area contributed by atoms with Gasteiger partial charge in [-0.3, -0.25) is 19.3 Å². The molecule has 180 valence electrons. The highest BCUT2D eigenvalue weighted by Crippen LogP contribution is 2.36. The Bertz CT molecular complexity index is 915. The van der Waals surface area contributed by atoms with Crippen molar-refractivity contribution in [3.05, 3.63) is 34.3 Å². The average Bonchev–Trinajstić information content (AvgIpc) is 3.39. The quantitative estimate of drug-likeness (QED) is 0.519. The van der Waals surface area contributed by atoms with Crippen LogP contribution in [0, 0.1) is 5.92 Å². The van der Waals surface area contributed by atoms with E-state index in [1.807, 2.05) is 0 Å². The lowest BCUT2D eigenvalue weighted by atomic mass is 10.0. The SMILES string of the molecule is CC(C)C(C(=O)N1CC2(CC1C(=O)NCC(=O)c1ccc(Br)cc1)OCCO2)N(C)C(=O)O. The predicted molar refractivity (Wildman–Crippen MR) is 121 cm³/mol. The molecule has 0 radical (unpaired) electrons. The van der Waals surface area contributed by atoms with Crippen LogP contribution in [0.3, 0.4) is 0 Å². The van der Waals surface area contributed by atoms with Crippen molar-refractivity contribution >= 4 is 39.6 Å². The maximum absolute atomic E-state index is 13.4. The molecule has 3 amide bonds.